The Morgan fingerprint density at radius 3 is 2.83 bits per heavy atom. The van der Waals surface area contributed by atoms with Crippen LogP contribution in [0.15, 0.2) is 35.7 Å². The third kappa shape index (κ3) is 3.02. The lowest BCUT2D eigenvalue weighted by Crippen LogP contribution is -2.14. The maximum Gasteiger partial charge on any atom is 0.106 e. The summed E-state index contributed by atoms with van der Waals surface area (Å²) in [7, 11) is 0. The van der Waals surface area contributed by atoms with Gasteiger partial charge in [-0.05, 0) is 36.6 Å². The molecule has 0 bridgehead atoms. The minimum absolute atomic E-state index is 0.191. The van der Waals surface area contributed by atoms with E-state index >= 15 is 0 Å². The quantitative estimate of drug-likeness (QED) is 0.830. The zero-order valence-electron chi connectivity index (χ0n) is 9.81. The normalized spacial score (nSPS) is 12.1. The van der Waals surface area contributed by atoms with Gasteiger partial charge in [0.1, 0.15) is 4.99 Å². The Balaban J connectivity index is 2.28. The smallest absolute Gasteiger partial charge is 0.106 e. The Hall–Kier alpha value is -1.10. The van der Waals surface area contributed by atoms with Gasteiger partial charge in [-0.25, -0.2) is 0 Å². The van der Waals surface area contributed by atoms with Gasteiger partial charge in [0.2, 0.25) is 0 Å². The van der Waals surface area contributed by atoms with Gasteiger partial charge in [0.25, 0.3) is 0 Å². The molecule has 1 unspecified atom stereocenters. The van der Waals surface area contributed by atoms with Crippen molar-refractivity contribution >= 4 is 45.8 Å². The standard InChI is InChI=1S/C13H13ClN2S2/c1-8(12-3-2-6-18-12)16-11-7-9(14)4-5-10(11)13(15)17/h2-8,16H,1H3,(H2,15,17). The topological polar surface area (TPSA) is 38.0 Å². The highest BCUT2D eigenvalue weighted by Gasteiger charge is 2.11. The molecule has 1 atom stereocenters. The number of thiocarbonyl (C=S) groups is 1. The first-order valence-corrected chi connectivity index (χ1v) is 7.14. The summed E-state index contributed by atoms with van der Waals surface area (Å²) in [6.45, 7) is 2.09. The number of benzene rings is 1. The minimum Gasteiger partial charge on any atom is -0.389 e. The number of hydrogen-bond acceptors (Lipinski definition) is 3. The molecular weight excluding hydrogens is 284 g/mol. The molecule has 1 aromatic carbocycles. The monoisotopic (exact) mass is 296 g/mol. The second-order valence-corrected chi connectivity index (χ2v) is 5.79. The van der Waals surface area contributed by atoms with Gasteiger partial charge >= 0.3 is 0 Å². The molecule has 2 aromatic rings. The molecule has 2 nitrogen and oxygen atoms in total. The van der Waals surface area contributed by atoms with Crippen LogP contribution in [0.3, 0.4) is 0 Å². The van der Waals surface area contributed by atoms with Crippen LogP contribution in [0.1, 0.15) is 23.4 Å². The van der Waals surface area contributed by atoms with E-state index in [0.29, 0.717) is 10.0 Å². The van der Waals surface area contributed by atoms with Crippen molar-refractivity contribution in [1.29, 1.82) is 0 Å². The molecule has 0 aliphatic heterocycles. The summed E-state index contributed by atoms with van der Waals surface area (Å²) in [6, 6.07) is 9.79. The Bertz CT molecular complexity index is 552. The van der Waals surface area contributed by atoms with Gasteiger partial charge in [-0.2, -0.15) is 0 Å². The fourth-order valence-corrected chi connectivity index (χ4v) is 2.78. The van der Waals surface area contributed by atoms with Gasteiger partial charge < -0.3 is 11.1 Å². The third-order valence-corrected chi connectivity index (χ3v) is 4.10. The number of hydrogen-bond donors (Lipinski definition) is 2. The molecular formula is C13H13ClN2S2. The van der Waals surface area contributed by atoms with Crippen LogP contribution in [-0.2, 0) is 0 Å². The zero-order valence-corrected chi connectivity index (χ0v) is 12.2. The van der Waals surface area contributed by atoms with Gasteiger partial charge in [-0.1, -0.05) is 29.9 Å². The van der Waals surface area contributed by atoms with E-state index in [9.17, 15) is 0 Å². The Labute approximate surface area is 121 Å². The van der Waals surface area contributed by atoms with Crippen molar-refractivity contribution in [2.75, 3.05) is 5.32 Å². The predicted molar refractivity (Wildman–Crippen MR) is 83.7 cm³/mol. The predicted octanol–water partition coefficient (Wildman–Crippen LogP) is 4.21. The molecule has 1 aromatic heterocycles. The number of nitrogens with two attached hydrogens (primary N) is 1. The summed E-state index contributed by atoms with van der Waals surface area (Å²) in [4.78, 5) is 1.62. The highest BCUT2D eigenvalue weighted by Crippen LogP contribution is 2.27. The summed E-state index contributed by atoms with van der Waals surface area (Å²) >= 11 is 12.8. The molecule has 5 heteroatoms. The Morgan fingerprint density at radius 2 is 2.22 bits per heavy atom. The molecule has 0 radical (unpaired) electrons. The van der Waals surface area contributed by atoms with Crippen LogP contribution in [-0.4, -0.2) is 4.99 Å². The van der Waals surface area contributed by atoms with Crippen LogP contribution < -0.4 is 11.1 Å². The van der Waals surface area contributed by atoms with Crippen molar-refractivity contribution < 1.29 is 0 Å². The average molecular weight is 297 g/mol. The summed E-state index contributed by atoms with van der Waals surface area (Å²) < 4.78 is 0. The first kappa shape index (κ1) is 13.3. The molecule has 0 saturated heterocycles. The van der Waals surface area contributed by atoms with Crippen LogP contribution in [0.2, 0.25) is 5.02 Å². The SMILES string of the molecule is CC(Nc1cc(Cl)ccc1C(N)=S)c1cccs1. The van der Waals surface area contributed by atoms with E-state index in [0.717, 1.165) is 11.3 Å². The summed E-state index contributed by atoms with van der Waals surface area (Å²) in [5, 5.41) is 6.11. The number of anilines is 1. The lowest BCUT2D eigenvalue weighted by atomic mass is 10.1. The van der Waals surface area contributed by atoms with Crippen LogP contribution in [0.4, 0.5) is 5.69 Å². The van der Waals surface area contributed by atoms with Crippen molar-refractivity contribution in [3.05, 3.63) is 51.2 Å². The molecule has 1 heterocycles. The minimum atomic E-state index is 0.191. The molecule has 0 aliphatic carbocycles. The van der Waals surface area contributed by atoms with E-state index in [1.54, 1.807) is 17.4 Å². The van der Waals surface area contributed by atoms with Gasteiger partial charge in [0.05, 0.1) is 6.04 Å². The zero-order chi connectivity index (χ0) is 13.1. The summed E-state index contributed by atoms with van der Waals surface area (Å²) in [5.74, 6) is 0. The molecule has 2 rings (SSSR count). The van der Waals surface area contributed by atoms with E-state index in [4.69, 9.17) is 29.6 Å². The van der Waals surface area contributed by atoms with E-state index in [1.807, 2.05) is 18.2 Å². The fourth-order valence-electron chi connectivity index (χ4n) is 1.69. The third-order valence-electron chi connectivity index (χ3n) is 2.59. The van der Waals surface area contributed by atoms with E-state index < -0.39 is 0 Å². The second-order valence-electron chi connectivity index (χ2n) is 3.94. The molecule has 0 amide bonds. The largest absolute Gasteiger partial charge is 0.389 e. The van der Waals surface area contributed by atoms with Crippen molar-refractivity contribution in [2.45, 2.75) is 13.0 Å². The highest BCUT2D eigenvalue weighted by atomic mass is 35.5. The number of rotatable bonds is 4. The molecule has 0 aliphatic rings. The molecule has 3 N–H and O–H groups in total. The fraction of sp³-hybridized carbons (Fsp3) is 0.154. The highest BCUT2D eigenvalue weighted by molar-refractivity contribution is 7.80. The second kappa shape index (κ2) is 5.69. The van der Waals surface area contributed by atoms with E-state index in [-0.39, 0.29) is 6.04 Å². The lowest BCUT2D eigenvalue weighted by Gasteiger charge is -2.17. The Morgan fingerprint density at radius 1 is 1.44 bits per heavy atom. The van der Waals surface area contributed by atoms with Gasteiger partial charge in [0.15, 0.2) is 0 Å². The number of nitrogens with one attached hydrogen (secondary N) is 1. The van der Waals surface area contributed by atoms with E-state index in [2.05, 4.69) is 23.7 Å². The average Bonchev–Trinajstić information content (AvgIpc) is 2.81. The summed E-state index contributed by atoms with van der Waals surface area (Å²) in [5.41, 5.74) is 7.40. The maximum atomic E-state index is 6.01. The van der Waals surface area contributed by atoms with Crippen LogP contribution in [0.25, 0.3) is 0 Å². The number of thiophene rings is 1. The van der Waals surface area contributed by atoms with Gasteiger partial charge in [0, 0.05) is 21.2 Å². The van der Waals surface area contributed by atoms with Crippen LogP contribution >= 0.6 is 35.2 Å². The molecule has 0 spiro atoms. The van der Waals surface area contributed by atoms with Crippen LogP contribution in [0, 0.1) is 0 Å². The van der Waals surface area contributed by atoms with Gasteiger partial charge in [-0.3, -0.25) is 0 Å². The van der Waals surface area contributed by atoms with Crippen molar-refractivity contribution in [1.82, 2.24) is 0 Å². The van der Waals surface area contributed by atoms with Gasteiger partial charge in [-0.15, -0.1) is 11.3 Å². The first-order valence-electron chi connectivity index (χ1n) is 5.47. The molecule has 18 heavy (non-hydrogen) atoms. The summed E-state index contributed by atoms with van der Waals surface area (Å²) in [6.07, 6.45) is 0. The molecule has 0 saturated carbocycles. The number of halogens is 1. The van der Waals surface area contributed by atoms with Crippen molar-refractivity contribution in [3.8, 4) is 0 Å². The lowest BCUT2D eigenvalue weighted by molar-refractivity contribution is 0.907. The molecule has 94 valence electrons. The van der Waals surface area contributed by atoms with Crippen molar-refractivity contribution in [2.24, 2.45) is 5.73 Å². The van der Waals surface area contributed by atoms with E-state index in [1.165, 1.54) is 4.88 Å². The maximum absolute atomic E-state index is 6.01. The molecule has 0 fully saturated rings. The van der Waals surface area contributed by atoms with Crippen LogP contribution in [0.5, 0.6) is 0 Å². The first-order chi connectivity index (χ1) is 8.58. The van der Waals surface area contributed by atoms with Crippen molar-refractivity contribution in [3.63, 3.8) is 0 Å². The Kier molecular flexibility index (Phi) is 4.22.